The van der Waals surface area contributed by atoms with Gasteiger partial charge in [0, 0.05) is 36.4 Å². The number of aromatic amines is 1. The minimum Gasteiger partial charge on any atom is -0.383 e. The van der Waals surface area contributed by atoms with E-state index in [2.05, 4.69) is 41.3 Å². The topological polar surface area (TPSA) is 71.9 Å². The molecule has 0 saturated heterocycles. The summed E-state index contributed by atoms with van der Waals surface area (Å²) in [6, 6.07) is 4.30. The van der Waals surface area contributed by atoms with E-state index < -0.39 is 0 Å². The molecule has 0 fully saturated rings. The van der Waals surface area contributed by atoms with Gasteiger partial charge in [0.1, 0.15) is 0 Å². The standard InChI is InChI=1S/C20H26N4O2/c1-13-7-14(2)20-18(8-13)17(15(3)23-20)9-19(25)22-11-16-10-21-12-24(16)5-6-26-4/h7-8,10,12,23H,5-6,9,11H2,1-4H3,(H,22,25). The van der Waals surface area contributed by atoms with Crippen molar-refractivity contribution in [3.05, 3.63) is 52.7 Å². The summed E-state index contributed by atoms with van der Waals surface area (Å²) in [5.41, 5.74) is 6.62. The normalized spacial score (nSPS) is 11.2. The second-order valence-electron chi connectivity index (χ2n) is 6.76. The molecule has 6 heteroatoms. The number of aryl methyl sites for hydroxylation is 3. The zero-order valence-corrected chi connectivity index (χ0v) is 15.8. The lowest BCUT2D eigenvalue weighted by Crippen LogP contribution is -2.26. The van der Waals surface area contributed by atoms with Gasteiger partial charge in [0.25, 0.3) is 0 Å². The molecular formula is C20H26N4O2. The number of hydrogen-bond donors (Lipinski definition) is 2. The van der Waals surface area contributed by atoms with Crippen LogP contribution in [0.1, 0.15) is 28.1 Å². The number of aromatic nitrogens is 3. The second kappa shape index (κ2) is 7.74. The Kier molecular flexibility index (Phi) is 5.42. The zero-order chi connectivity index (χ0) is 18.7. The molecular weight excluding hydrogens is 328 g/mol. The van der Waals surface area contributed by atoms with E-state index in [0.29, 0.717) is 19.6 Å². The molecule has 3 rings (SSSR count). The fraction of sp³-hybridized carbons (Fsp3) is 0.400. The Morgan fingerprint density at radius 3 is 2.88 bits per heavy atom. The first-order valence-corrected chi connectivity index (χ1v) is 8.82. The van der Waals surface area contributed by atoms with E-state index in [1.54, 1.807) is 19.6 Å². The largest absolute Gasteiger partial charge is 0.383 e. The zero-order valence-electron chi connectivity index (χ0n) is 15.8. The van der Waals surface area contributed by atoms with Gasteiger partial charge in [-0.2, -0.15) is 0 Å². The molecule has 0 spiro atoms. The first-order valence-electron chi connectivity index (χ1n) is 8.82. The molecule has 0 aliphatic carbocycles. The summed E-state index contributed by atoms with van der Waals surface area (Å²) >= 11 is 0. The minimum atomic E-state index is 0.00708. The number of amides is 1. The van der Waals surface area contributed by atoms with E-state index in [4.69, 9.17) is 4.74 Å². The number of H-pyrrole nitrogens is 1. The Bertz CT molecular complexity index is 923. The number of benzene rings is 1. The van der Waals surface area contributed by atoms with Crippen molar-refractivity contribution in [1.29, 1.82) is 0 Å². The van der Waals surface area contributed by atoms with E-state index in [1.807, 2.05) is 11.5 Å². The number of imidazole rings is 1. The van der Waals surface area contributed by atoms with E-state index in [0.717, 1.165) is 34.4 Å². The smallest absolute Gasteiger partial charge is 0.224 e. The average molecular weight is 354 g/mol. The van der Waals surface area contributed by atoms with Gasteiger partial charge in [-0.15, -0.1) is 0 Å². The molecule has 1 aromatic carbocycles. The van der Waals surface area contributed by atoms with Crippen LogP contribution in [0.2, 0.25) is 0 Å². The van der Waals surface area contributed by atoms with Gasteiger partial charge >= 0.3 is 0 Å². The van der Waals surface area contributed by atoms with Crippen molar-refractivity contribution in [2.75, 3.05) is 13.7 Å². The van der Waals surface area contributed by atoms with Gasteiger partial charge in [-0.25, -0.2) is 4.98 Å². The highest BCUT2D eigenvalue weighted by molar-refractivity contribution is 5.92. The number of fused-ring (bicyclic) bond motifs is 1. The number of nitrogens with zero attached hydrogens (tertiary/aromatic N) is 2. The lowest BCUT2D eigenvalue weighted by molar-refractivity contribution is -0.120. The monoisotopic (exact) mass is 354 g/mol. The van der Waals surface area contributed by atoms with Crippen molar-refractivity contribution < 1.29 is 9.53 Å². The summed E-state index contributed by atoms with van der Waals surface area (Å²) in [4.78, 5) is 20.1. The number of hydrogen-bond acceptors (Lipinski definition) is 3. The van der Waals surface area contributed by atoms with Crippen LogP contribution in [0, 0.1) is 20.8 Å². The number of carbonyl (C=O) groups excluding carboxylic acids is 1. The molecule has 2 N–H and O–H groups in total. The third kappa shape index (κ3) is 3.80. The van der Waals surface area contributed by atoms with Crippen LogP contribution in [-0.4, -0.2) is 34.2 Å². The van der Waals surface area contributed by atoms with Crippen molar-refractivity contribution in [2.24, 2.45) is 0 Å². The Hall–Kier alpha value is -2.60. The SMILES string of the molecule is COCCn1cncc1CNC(=O)Cc1c(C)[nH]c2c(C)cc(C)cc12. The van der Waals surface area contributed by atoms with E-state index in [9.17, 15) is 4.79 Å². The lowest BCUT2D eigenvalue weighted by atomic mass is 10.0. The summed E-state index contributed by atoms with van der Waals surface area (Å²) in [5.74, 6) is 0.00708. The molecule has 0 radical (unpaired) electrons. The van der Waals surface area contributed by atoms with Gasteiger partial charge < -0.3 is 19.6 Å². The molecule has 26 heavy (non-hydrogen) atoms. The van der Waals surface area contributed by atoms with Gasteiger partial charge in [-0.05, 0) is 38.0 Å². The number of nitrogens with one attached hydrogen (secondary N) is 2. The number of methoxy groups -OCH3 is 1. The lowest BCUT2D eigenvalue weighted by Gasteiger charge is -2.09. The highest BCUT2D eigenvalue weighted by Crippen LogP contribution is 2.26. The minimum absolute atomic E-state index is 0.00708. The fourth-order valence-corrected chi connectivity index (χ4v) is 3.36. The van der Waals surface area contributed by atoms with Crippen LogP contribution >= 0.6 is 0 Å². The second-order valence-corrected chi connectivity index (χ2v) is 6.76. The van der Waals surface area contributed by atoms with Crippen LogP contribution < -0.4 is 5.32 Å². The molecule has 2 aromatic heterocycles. The van der Waals surface area contributed by atoms with Crippen molar-refractivity contribution in [2.45, 2.75) is 40.3 Å². The predicted molar refractivity (Wildman–Crippen MR) is 102 cm³/mol. The molecule has 0 aliphatic heterocycles. The predicted octanol–water partition coefficient (Wildman–Crippen LogP) is 2.79. The first-order chi connectivity index (χ1) is 12.5. The molecule has 3 aromatic rings. The molecule has 1 amide bonds. The molecule has 0 aliphatic rings. The molecule has 0 atom stereocenters. The van der Waals surface area contributed by atoms with Crippen LogP contribution in [0.15, 0.2) is 24.7 Å². The van der Waals surface area contributed by atoms with Crippen molar-refractivity contribution >= 4 is 16.8 Å². The summed E-state index contributed by atoms with van der Waals surface area (Å²) in [5, 5.41) is 4.15. The molecule has 0 unspecified atom stereocenters. The van der Waals surface area contributed by atoms with Crippen molar-refractivity contribution in [1.82, 2.24) is 19.9 Å². The molecule has 0 saturated carbocycles. The van der Waals surface area contributed by atoms with E-state index in [1.165, 1.54) is 11.1 Å². The maximum Gasteiger partial charge on any atom is 0.224 e. The quantitative estimate of drug-likeness (QED) is 0.685. The maximum absolute atomic E-state index is 12.5. The maximum atomic E-state index is 12.5. The van der Waals surface area contributed by atoms with Gasteiger partial charge in [0.15, 0.2) is 0 Å². The average Bonchev–Trinajstić information content (AvgIpc) is 3.17. The summed E-state index contributed by atoms with van der Waals surface area (Å²) < 4.78 is 7.09. The first kappa shape index (κ1) is 18.2. The van der Waals surface area contributed by atoms with Gasteiger partial charge in [-0.3, -0.25) is 4.79 Å². The highest BCUT2D eigenvalue weighted by Gasteiger charge is 2.14. The van der Waals surface area contributed by atoms with Gasteiger partial charge in [-0.1, -0.05) is 11.6 Å². The van der Waals surface area contributed by atoms with Crippen LogP contribution in [-0.2, 0) is 29.0 Å². The Balaban J connectivity index is 1.70. The summed E-state index contributed by atoms with van der Waals surface area (Å²) in [6.07, 6.45) is 3.90. The Morgan fingerprint density at radius 2 is 2.12 bits per heavy atom. The highest BCUT2D eigenvalue weighted by atomic mass is 16.5. The third-order valence-electron chi connectivity index (χ3n) is 4.71. The van der Waals surface area contributed by atoms with E-state index >= 15 is 0 Å². The number of ether oxygens (including phenoxy) is 1. The fourth-order valence-electron chi connectivity index (χ4n) is 3.36. The van der Waals surface area contributed by atoms with E-state index in [-0.39, 0.29) is 5.91 Å². The number of rotatable bonds is 7. The summed E-state index contributed by atoms with van der Waals surface area (Å²) in [7, 11) is 1.67. The molecule has 138 valence electrons. The van der Waals surface area contributed by atoms with Crippen LogP contribution in [0.3, 0.4) is 0 Å². The van der Waals surface area contributed by atoms with Gasteiger partial charge in [0.05, 0.1) is 31.6 Å². The van der Waals surface area contributed by atoms with Crippen LogP contribution in [0.5, 0.6) is 0 Å². The van der Waals surface area contributed by atoms with Gasteiger partial charge in [0.2, 0.25) is 5.91 Å². The molecule has 0 bridgehead atoms. The van der Waals surface area contributed by atoms with Crippen LogP contribution in [0.25, 0.3) is 10.9 Å². The summed E-state index contributed by atoms with van der Waals surface area (Å²) in [6.45, 7) is 8.00. The Morgan fingerprint density at radius 1 is 1.31 bits per heavy atom. The van der Waals surface area contributed by atoms with Crippen LogP contribution in [0.4, 0.5) is 0 Å². The Labute approximate surface area is 153 Å². The van der Waals surface area contributed by atoms with Crippen molar-refractivity contribution in [3.8, 4) is 0 Å². The number of carbonyl (C=O) groups is 1. The van der Waals surface area contributed by atoms with Crippen molar-refractivity contribution in [3.63, 3.8) is 0 Å². The molecule has 2 heterocycles. The third-order valence-corrected chi connectivity index (χ3v) is 4.71. The molecule has 6 nitrogen and oxygen atoms in total.